The number of carbonyl (C=O) groups excluding carboxylic acids is 1. The van der Waals surface area contributed by atoms with Crippen LogP contribution in [0.25, 0.3) is 11.7 Å². The van der Waals surface area contributed by atoms with Crippen molar-refractivity contribution < 1.29 is 4.79 Å². The summed E-state index contributed by atoms with van der Waals surface area (Å²) in [7, 11) is 0. The summed E-state index contributed by atoms with van der Waals surface area (Å²) in [5.41, 5.74) is 1.69. The van der Waals surface area contributed by atoms with Gasteiger partial charge >= 0.3 is 0 Å². The molecule has 0 bridgehead atoms. The molecule has 3 heterocycles. The third-order valence-electron chi connectivity index (χ3n) is 4.38. The first-order valence-corrected chi connectivity index (χ1v) is 10.9. The van der Waals surface area contributed by atoms with E-state index in [2.05, 4.69) is 24.1 Å². The molecule has 154 valence electrons. The second-order valence-corrected chi connectivity index (χ2v) is 9.75. The van der Waals surface area contributed by atoms with E-state index in [1.54, 1.807) is 17.2 Å². The third kappa shape index (κ3) is 4.70. The Labute approximate surface area is 180 Å². The number of thioether (sulfide) groups is 1. The van der Waals surface area contributed by atoms with Crippen molar-refractivity contribution in [2.75, 3.05) is 18.4 Å². The third-order valence-corrected chi connectivity index (χ3v) is 5.76. The van der Waals surface area contributed by atoms with Gasteiger partial charge in [-0.2, -0.15) is 0 Å². The van der Waals surface area contributed by atoms with Gasteiger partial charge in [0.05, 0.1) is 10.5 Å². The van der Waals surface area contributed by atoms with Crippen LogP contribution in [-0.2, 0) is 4.79 Å². The van der Waals surface area contributed by atoms with Crippen LogP contribution in [0.3, 0.4) is 0 Å². The second-order valence-electron chi connectivity index (χ2n) is 8.07. The molecule has 0 atom stereocenters. The summed E-state index contributed by atoms with van der Waals surface area (Å²) in [5.74, 6) is 1.01. The first-order valence-electron chi connectivity index (χ1n) is 9.69. The second kappa shape index (κ2) is 8.67. The van der Waals surface area contributed by atoms with Crippen molar-refractivity contribution in [1.82, 2.24) is 14.3 Å². The minimum atomic E-state index is -0.209. The molecule has 0 unspecified atom stereocenters. The van der Waals surface area contributed by atoms with Crippen LogP contribution >= 0.6 is 24.0 Å². The summed E-state index contributed by atoms with van der Waals surface area (Å²) in [6, 6.07) is 3.74. The van der Waals surface area contributed by atoms with E-state index in [4.69, 9.17) is 12.2 Å². The van der Waals surface area contributed by atoms with Gasteiger partial charge in [0.1, 0.15) is 15.8 Å². The summed E-state index contributed by atoms with van der Waals surface area (Å²) < 4.78 is 2.05. The number of aryl methyl sites for hydroxylation is 1. The highest BCUT2D eigenvalue weighted by atomic mass is 32.2. The number of rotatable bonds is 6. The van der Waals surface area contributed by atoms with E-state index in [0.717, 1.165) is 5.56 Å². The van der Waals surface area contributed by atoms with Gasteiger partial charge in [-0.25, -0.2) is 4.98 Å². The highest BCUT2D eigenvalue weighted by Gasteiger charge is 2.32. The topological polar surface area (TPSA) is 66.7 Å². The SMILES string of the molecule is Cc1ccc2nc(NCC(C)C)c(C=C3SC(=S)N(CC(C)C)C3=O)c(=O)n2c1. The van der Waals surface area contributed by atoms with Crippen LogP contribution in [0, 0.1) is 18.8 Å². The van der Waals surface area contributed by atoms with Gasteiger partial charge < -0.3 is 5.32 Å². The van der Waals surface area contributed by atoms with E-state index in [1.807, 2.05) is 32.9 Å². The summed E-state index contributed by atoms with van der Waals surface area (Å²) in [6.45, 7) is 11.4. The molecule has 1 aliphatic heterocycles. The summed E-state index contributed by atoms with van der Waals surface area (Å²) in [6.07, 6.45) is 3.39. The molecule has 0 aliphatic carbocycles. The van der Waals surface area contributed by atoms with Crippen molar-refractivity contribution in [3.8, 4) is 0 Å². The maximum atomic E-state index is 13.3. The Morgan fingerprint density at radius 1 is 1.21 bits per heavy atom. The molecule has 1 N–H and O–H groups in total. The number of nitrogens with one attached hydrogen (secondary N) is 1. The minimum absolute atomic E-state index is 0.155. The van der Waals surface area contributed by atoms with Crippen molar-refractivity contribution in [2.45, 2.75) is 34.6 Å². The average Bonchev–Trinajstić information content (AvgIpc) is 2.90. The molecule has 2 aromatic heterocycles. The molecule has 8 heteroatoms. The molecule has 3 rings (SSSR count). The number of hydrogen-bond acceptors (Lipinski definition) is 6. The van der Waals surface area contributed by atoms with Gasteiger partial charge in [0.25, 0.3) is 11.5 Å². The van der Waals surface area contributed by atoms with Crippen molar-refractivity contribution in [1.29, 1.82) is 0 Å². The monoisotopic (exact) mass is 430 g/mol. The fourth-order valence-corrected chi connectivity index (χ4v) is 4.23. The molecular weight excluding hydrogens is 404 g/mol. The fourth-order valence-electron chi connectivity index (χ4n) is 2.98. The van der Waals surface area contributed by atoms with Crippen LogP contribution in [0.2, 0.25) is 0 Å². The standard InChI is InChI=1S/C21H26N4O2S2/c1-12(2)9-22-18-15(19(26)24-11-14(5)6-7-17(24)23-18)8-16-20(27)25(10-13(3)4)21(28)29-16/h6-8,11-13,22H,9-10H2,1-5H3. The van der Waals surface area contributed by atoms with E-state index in [0.29, 0.717) is 51.2 Å². The number of carbonyl (C=O) groups is 1. The fraction of sp³-hybridized carbons (Fsp3) is 0.429. The van der Waals surface area contributed by atoms with Gasteiger partial charge in [-0.3, -0.25) is 18.9 Å². The summed E-state index contributed by atoms with van der Waals surface area (Å²) in [5, 5.41) is 3.27. The highest BCUT2D eigenvalue weighted by Crippen LogP contribution is 2.33. The largest absolute Gasteiger partial charge is 0.369 e. The van der Waals surface area contributed by atoms with Gasteiger partial charge in [-0.1, -0.05) is 57.7 Å². The highest BCUT2D eigenvalue weighted by molar-refractivity contribution is 8.26. The van der Waals surface area contributed by atoms with Crippen molar-refractivity contribution in [3.05, 3.63) is 44.7 Å². The van der Waals surface area contributed by atoms with Gasteiger partial charge in [0, 0.05) is 19.3 Å². The number of fused-ring (bicyclic) bond motifs is 1. The maximum Gasteiger partial charge on any atom is 0.267 e. The molecule has 1 saturated heterocycles. The summed E-state index contributed by atoms with van der Waals surface area (Å²) >= 11 is 6.62. The number of anilines is 1. The lowest BCUT2D eigenvalue weighted by Crippen LogP contribution is -2.31. The van der Waals surface area contributed by atoms with Crippen LogP contribution in [0.15, 0.2) is 28.0 Å². The van der Waals surface area contributed by atoms with Crippen molar-refractivity contribution in [3.63, 3.8) is 0 Å². The Balaban J connectivity index is 2.11. The number of pyridine rings is 1. The van der Waals surface area contributed by atoms with Crippen LogP contribution in [0.4, 0.5) is 5.82 Å². The Kier molecular flexibility index (Phi) is 6.43. The van der Waals surface area contributed by atoms with Gasteiger partial charge in [0.2, 0.25) is 0 Å². The number of nitrogens with zero attached hydrogens (tertiary/aromatic N) is 3. The molecule has 0 saturated carbocycles. The molecule has 29 heavy (non-hydrogen) atoms. The molecule has 2 aromatic rings. The molecule has 0 spiro atoms. The molecule has 0 radical (unpaired) electrons. The molecule has 1 amide bonds. The minimum Gasteiger partial charge on any atom is -0.369 e. The zero-order valence-corrected chi connectivity index (χ0v) is 19.0. The Morgan fingerprint density at radius 2 is 1.93 bits per heavy atom. The first-order chi connectivity index (χ1) is 13.7. The van der Waals surface area contributed by atoms with Crippen molar-refractivity contribution in [2.24, 2.45) is 11.8 Å². The maximum absolute atomic E-state index is 13.3. The lowest BCUT2D eigenvalue weighted by molar-refractivity contribution is -0.122. The predicted octanol–water partition coefficient (Wildman–Crippen LogP) is 3.93. The van der Waals surface area contributed by atoms with E-state index >= 15 is 0 Å². The van der Waals surface area contributed by atoms with E-state index < -0.39 is 0 Å². The molecule has 6 nitrogen and oxygen atoms in total. The lowest BCUT2D eigenvalue weighted by Gasteiger charge is -2.16. The quantitative estimate of drug-likeness (QED) is 0.553. The molecule has 0 aromatic carbocycles. The van der Waals surface area contributed by atoms with E-state index in [-0.39, 0.29) is 11.5 Å². The van der Waals surface area contributed by atoms with Gasteiger partial charge in [0.15, 0.2) is 0 Å². The van der Waals surface area contributed by atoms with Gasteiger partial charge in [-0.05, 0) is 36.5 Å². The average molecular weight is 431 g/mol. The Morgan fingerprint density at radius 3 is 2.59 bits per heavy atom. The van der Waals surface area contributed by atoms with Crippen LogP contribution in [0.5, 0.6) is 0 Å². The van der Waals surface area contributed by atoms with Gasteiger partial charge in [-0.15, -0.1) is 0 Å². The normalized spacial score (nSPS) is 16.1. The van der Waals surface area contributed by atoms with Crippen LogP contribution < -0.4 is 10.9 Å². The smallest absolute Gasteiger partial charge is 0.267 e. The Bertz CT molecular complexity index is 1060. The first kappa shape index (κ1) is 21.5. The Hall–Kier alpha value is -2.19. The molecular formula is C21H26N4O2S2. The number of aromatic nitrogens is 2. The number of amides is 1. The predicted molar refractivity (Wildman–Crippen MR) is 124 cm³/mol. The van der Waals surface area contributed by atoms with E-state index in [9.17, 15) is 9.59 Å². The lowest BCUT2D eigenvalue weighted by atomic mass is 10.2. The zero-order valence-electron chi connectivity index (χ0n) is 17.4. The number of thiocarbonyl (C=S) groups is 1. The van der Waals surface area contributed by atoms with Crippen molar-refractivity contribution >= 4 is 51.7 Å². The van der Waals surface area contributed by atoms with Crippen LogP contribution in [0.1, 0.15) is 38.8 Å². The summed E-state index contributed by atoms with van der Waals surface area (Å²) in [4.78, 5) is 32.8. The molecule has 1 fully saturated rings. The molecule has 1 aliphatic rings. The zero-order chi connectivity index (χ0) is 21.3. The van der Waals surface area contributed by atoms with E-state index in [1.165, 1.54) is 16.2 Å². The number of hydrogen-bond donors (Lipinski definition) is 1. The van der Waals surface area contributed by atoms with Crippen LogP contribution in [-0.4, -0.2) is 37.6 Å².